The maximum absolute atomic E-state index is 13.0. The van der Waals surface area contributed by atoms with Crippen LogP contribution in [0.1, 0.15) is 251 Å². The van der Waals surface area contributed by atoms with Crippen LogP contribution in [0.2, 0.25) is 0 Å². The molecular formula is C50H99NO9. The fourth-order valence-electron chi connectivity index (χ4n) is 8.61. The number of aliphatic hydroxyl groups excluding tert-OH is 6. The highest BCUT2D eigenvalue weighted by atomic mass is 16.7. The number of aliphatic hydroxyl groups is 6. The number of hydrogen-bond donors (Lipinski definition) is 7. The first-order valence-electron chi connectivity index (χ1n) is 25.8. The van der Waals surface area contributed by atoms with Gasteiger partial charge in [0.2, 0.25) is 5.91 Å². The third-order valence-electron chi connectivity index (χ3n) is 12.8. The van der Waals surface area contributed by atoms with E-state index in [4.69, 9.17) is 9.47 Å². The quantitative estimate of drug-likeness (QED) is 0.0295. The largest absolute Gasteiger partial charge is 0.394 e. The van der Waals surface area contributed by atoms with Crippen molar-refractivity contribution in [2.24, 2.45) is 0 Å². The van der Waals surface area contributed by atoms with Crippen molar-refractivity contribution in [3.05, 3.63) is 0 Å². The summed E-state index contributed by atoms with van der Waals surface area (Å²) in [7, 11) is 0. The van der Waals surface area contributed by atoms with Crippen molar-refractivity contribution in [3.8, 4) is 0 Å². The number of unbranched alkanes of at least 4 members (excludes halogenated alkanes) is 33. The first-order valence-corrected chi connectivity index (χ1v) is 25.8. The van der Waals surface area contributed by atoms with Gasteiger partial charge in [0.15, 0.2) is 6.29 Å². The monoisotopic (exact) mass is 858 g/mol. The Morgan fingerprint density at radius 3 is 1.23 bits per heavy atom. The predicted octanol–water partition coefficient (Wildman–Crippen LogP) is 10.5. The number of ether oxygens (including phenoxy) is 2. The van der Waals surface area contributed by atoms with Crippen LogP contribution in [-0.2, 0) is 14.3 Å². The highest BCUT2D eigenvalue weighted by Gasteiger charge is 2.44. The SMILES string of the molecule is CCCCCCCCCCCCCCCCCCCCCCCCCC(=O)N[C@@H](COC1O[C@H](CO)[C@H](O)[C@H](O)[C@H]1O)[C@H](O)[C@H](O)CCCCCCCCCCCCCC. The van der Waals surface area contributed by atoms with Crippen LogP contribution in [0.25, 0.3) is 0 Å². The second kappa shape index (κ2) is 40.9. The fraction of sp³-hybridized carbons (Fsp3) is 0.980. The summed E-state index contributed by atoms with van der Waals surface area (Å²) in [4.78, 5) is 13.0. The van der Waals surface area contributed by atoms with Crippen LogP contribution < -0.4 is 5.32 Å². The number of amides is 1. The zero-order valence-corrected chi connectivity index (χ0v) is 39.1. The zero-order chi connectivity index (χ0) is 43.9. The van der Waals surface area contributed by atoms with Gasteiger partial charge in [0, 0.05) is 6.42 Å². The summed E-state index contributed by atoms with van der Waals surface area (Å²) in [5.74, 6) is -0.252. The van der Waals surface area contributed by atoms with Crippen LogP contribution in [0.5, 0.6) is 0 Å². The average Bonchev–Trinajstić information content (AvgIpc) is 3.25. The minimum atomic E-state index is -1.60. The van der Waals surface area contributed by atoms with E-state index in [1.54, 1.807) is 0 Å². The molecule has 7 N–H and O–H groups in total. The maximum atomic E-state index is 13.0. The van der Waals surface area contributed by atoms with Crippen LogP contribution in [0.15, 0.2) is 0 Å². The van der Waals surface area contributed by atoms with E-state index in [0.717, 1.165) is 38.5 Å². The molecule has 1 fully saturated rings. The maximum Gasteiger partial charge on any atom is 0.220 e. The molecule has 60 heavy (non-hydrogen) atoms. The molecule has 0 aromatic rings. The number of nitrogens with one attached hydrogen (secondary N) is 1. The molecule has 1 heterocycles. The molecule has 1 aliphatic rings. The minimum Gasteiger partial charge on any atom is -0.394 e. The average molecular weight is 858 g/mol. The Kier molecular flexibility index (Phi) is 39.0. The Morgan fingerprint density at radius 1 is 0.517 bits per heavy atom. The molecule has 1 rings (SSSR count). The van der Waals surface area contributed by atoms with Crippen molar-refractivity contribution in [2.75, 3.05) is 13.2 Å². The Morgan fingerprint density at radius 2 is 0.867 bits per heavy atom. The van der Waals surface area contributed by atoms with Crippen molar-refractivity contribution in [3.63, 3.8) is 0 Å². The Bertz CT molecular complexity index is 926. The summed E-state index contributed by atoms with van der Waals surface area (Å²) < 4.78 is 11.2. The van der Waals surface area contributed by atoms with Gasteiger partial charge >= 0.3 is 0 Å². The summed E-state index contributed by atoms with van der Waals surface area (Å²) in [6.07, 6.45) is 35.5. The molecule has 8 atom stereocenters. The summed E-state index contributed by atoms with van der Waals surface area (Å²) in [6, 6.07) is -0.985. The second-order valence-electron chi connectivity index (χ2n) is 18.5. The van der Waals surface area contributed by atoms with Gasteiger partial charge in [-0.1, -0.05) is 232 Å². The summed E-state index contributed by atoms with van der Waals surface area (Å²) in [5.41, 5.74) is 0. The van der Waals surface area contributed by atoms with Gasteiger partial charge in [0.25, 0.3) is 0 Å². The molecule has 0 saturated carbocycles. The Hall–Kier alpha value is -0.850. The van der Waals surface area contributed by atoms with Gasteiger partial charge in [0.05, 0.1) is 25.4 Å². The number of rotatable bonds is 44. The molecule has 1 aliphatic heterocycles. The molecule has 0 aromatic carbocycles. The van der Waals surface area contributed by atoms with Gasteiger partial charge < -0.3 is 45.4 Å². The van der Waals surface area contributed by atoms with Gasteiger partial charge in [-0.3, -0.25) is 4.79 Å². The molecule has 10 nitrogen and oxygen atoms in total. The smallest absolute Gasteiger partial charge is 0.220 e. The van der Waals surface area contributed by atoms with Crippen molar-refractivity contribution < 1.29 is 44.9 Å². The van der Waals surface area contributed by atoms with E-state index in [1.165, 1.54) is 186 Å². The number of carbonyl (C=O) groups is 1. The van der Waals surface area contributed by atoms with Crippen LogP contribution in [0.3, 0.4) is 0 Å². The number of hydrogen-bond acceptors (Lipinski definition) is 9. The first-order chi connectivity index (χ1) is 29.3. The van der Waals surface area contributed by atoms with E-state index in [-0.39, 0.29) is 18.9 Å². The molecule has 1 amide bonds. The first kappa shape index (κ1) is 57.2. The van der Waals surface area contributed by atoms with Crippen LogP contribution in [0.4, 0.5) is 0 Å². The third-order valence-corrected chi connectivity index (χ3v) is 12.8. The van der Waals surface area contributed by atoms with Crippen molar-refractivity contribution >= 4 is 5.91 Å². The van der Waals surface area contributed by atoms with E-state index >= 15 is 0 Å². The lowest BCUT2D eigenvalue weighted by Crippen LogP contribution is -2.60. The van der Waals surface area contributed by atoms with Gasteiger partial charge in [0.1, 0.15) is 30.5 Å². The van der Waals surface area contributed by atoms with Crippen LogP contribution in [0, 0.1) is 0 Å². The van der Waals surface area contributed by atoms with Crippen molar-refractivity contribution in [1.82, 2.24) is 5.32 Å². The Balaban J connectivity index is 2.26. The van der Waals surface area contributed by atoms with Crippen molar-refractivity contribution in [1.29, 1.82) is 0 Å². The Labute approximate surface area is 368 Å². The van der Waals surface area contributed by atoms with Gasteiger partial charge in [-0.25, -0.2) is 0 Å². The lowest BCUT2D eigenvalue weighted by molar-refractivity contribution is -0.303. The van der Waals surface area contributed by atoms with Crippen LogP contribution in [-0.4, -0.2) is 98.7 Å². The zero-order valence-electron chi connectivity index (χ0n) is 39.1. The second-order valence-corrected chi connectivity index (χ2v) is 18.5. The van der Waals surface area contributed by atoms with Crippen molar-refractivity contribution in [2.45, 2.75) is 300 Å². The van der Waals surface area contributed by atoms with Gasteiger partial charge in [-0.2, -0.15) is 0 Å². The summed E-state index contributed by atoms with van der Waals surface area (Å²) in [5, 5.41) is 65.3. The van der Waals surface area contributed by atoms with Gasteiger partial charge in [-0.15, -0.1) is 0 Å². The van der Waals surface area contributed by atoms with Crippen LogP contribution >= 0.6 is 0 Å². The highest BCUT2D eigenvalue weighted by Crippen LogP contribution is 2.23. The standard InChI is InChI=1S/C50H99NO9/c1-3-5-7-9-11-13-15-17-18-19-20-21-22-23-24-25-26-27-29-31-33-35-37-39-45(54)51-42(41-59-50-49(58)48(57)47(56)44(40-52)60-50)46(55)43(53)38-36-34-32-30-28-16-14-12-10-8-6-4-2/h42-44,46-50,52-53,55-58H,3-41H2,1-2H3,(H,51,54)/t42-,43+,44+,46-,47-,48-,49+,50?/m0/s1. The molecule has 0 radical (unpaired) electrons. The van der Waals surface area contributed by atoms with Gasteiger partial charge in [-0.05, 0) is 12.8 Å². The normalized spacial score (nSPS) is 21.0. The summed E-state index contributed by atoms with van der Waals surface area (Å²) >= 11 is 0. The number of carbonyl (C=O) groups excluding carboxylic acids is 1. The lowest BCUT2D eigenvalue weighted by Gasteiger charge is -2.40. The molecule has 1 saturated heterocycles. The third kappa shape index (κ3) is 30.3. The molecule has 358 valence electrons. The predicted molar refractivity (Wildman–Crippen MR) is 246 cm³/mol. The topological polar surface area (TPSA) is 169 Å². The van der Waals surface area contributed by atoms with E-state index in [2.05, 4.69) is 19.2 Å². The molecular weight excluding hydrogens is 759 g/mol. The molecule has 10 heteroatoms. The lowest BCUT2D eigenvalue weighted by atomic mass is 9.98. The van der Waals surface area contributed by atoms with E-state index in [0.29, 0.717) is 6.42 Å². The highest BCUT2D eigenvalue weighted by molar-refractivity contribution is 5.76. The molecule has 0 aromatic heterocycles. The van der Waals surface area contributed by atoms with E-state index in [1.807, 2.05) is 0 Å². The molecule has 0 bridgehead atoms. The van der Waals surface area contributed by atoms with E-state index < -0.39 is 55.6 Å². The molecule has 0 spiro atoms. The summed E-state index contributed by atoms with van der Waals surface area (Å²) in [6.45, 7) is 3.63. The fourth-order valence-corrected chi connectivity index (χ4v) is 8.61. The molecule has 1 unspecified atom stereocenters. The molecule has 0 aliphatic carbocycles. The minimum absolute atomic E-state index is 0.252. The van der Waals surface area contributed by atoms with E-state index in [9.17, 15) is 35.4 Å².